The lowest BCUT2D eigenvalue weighted by molar-refractivity contribution is -0.115. The van der Waals surface area contributed by atoms with Gasteiger partial charge in [0.05, 0.1) is 0 Å². The minimum Gasteiger partial charge on any atom is -0.327 e. The third-order valence-corrected chi connectivity index (χ3v) is 0.939. The van der Waals surface area contributed by atoms with Crippen molar-refractivity contribution in [3.63, 3.8) is 0 Å². The molecule has 0 saturated carbocycles. The summed E-state index contributed by atoms with van der Waals surface area (Å²) >= 11 is 0. The zero-order valence-electron chi connectivity index (χ0n) is 9.77. The molecular formula is C11H23NO. The molecule has 0 aliphatic carbocycles. The number of allylic oxidation sites excluding steroid dienone is 2. The first kappa shape index (κ1) is 17.9. The molecule has 78 valence electrons. The summed E-state index contributed by atoms with van der Waals surface area (Å²) in [4.78, 5) is 10.5. The van der Waals surface area contributed by atoms with Gasteiger partial charge in [-0.05, 0) is 19.9 Å². The highest BCUT2D eigenvalue weighted by atomic mass is 16.1. The van der Waals surface area contributed by atoms with E-state index in [2.05, 4.69) is 11.9 Å². The lowest BCUT2D eigenvalue weighted by atomic mass is 10.4. The Morgan fingerprint density at radius 2 is 1.62 bits per heavy atom. The van der Waals surface area contributed by atoms with Gasteiger partial charge in [-0.25, -0.2) is 0 Å². The average molecular weight is 185 g/mol. The standard InChI is InChI=1S/C7H11NO.2C2H6/c1-4-6(3)8-7(9)5-2;2*1-2/h4-5H,2H2,1,3H3,(H,8,9);2*1-2H3/b6-4-;;. The molecule has 0 unspecified atom stereocenters. The van der Waals surface area contributed by atoms with Crippen LogP contribution >= 0.6 is 0 Å². The van der Waals surface area contributed by atoms with E-state index in [1.54, 1.807) is 0 Å². The maximum Gasteiger partial charge on any atom is 0.247 e. The Labute approximate surface area is 82.7 Å². The van der Waals surface area contributed by atoms with Gasteiger partial charge in [0.25, 0.3) is 0 Å². The van der Waals surface area contributed by atoms with E-state index < -0.39 is 0 Å². The van der Waals surface area contributed by atoms with Crippen molar-refractivity contribution in [2.75, 3.05) is 0 Å². The maximum absolute atomic E-state index is 10.5. The molecule has 2 nitrogen and oxygen atoms in total. The Morgan fingerprint density at radius 1 is 1.23 bits per heavy atom. The quantitative estimate of drug-likeness (QED) is 0.657. The average Bonchev–Trinajstić information content (AvgIpc) is 2.23. The van der Waals surface area contributed by atoms with Crippen molar-refractivity contribution in [2.24, 2.45) is 0 Å². The Morgan fingerprint density at radius 3 is 1.85 bits per heavy atom. The third-order valence-electron chi connectivity index (χ3n) is 0.939. The van der Waals surface area contributed by atoms with E-state index in [9.17, 15) is 4.79 Å². The molecule has 0 aromatic heterocycles. The Hall–Kier alpha value is -1.05. The molecule has 0 aromatic rings. The van der Waals surface area contributed by atoms with Crippen molar-refractivity contribution < 1.29 is 4.79 Å². The van der Waals surface area contributed by atoms with Crippen molar-refractivity contribution in [2.45, 2.75) is 41.5 Å². The van der Waals surface area contributed by atoms with Gasteiger partial charge < -0.3 is 5.32 Å². The highest BCUT2D eigenvalue weighted by Gasteiger charge is 1.90. The van der Waals surface area contributed by atoms with Crippen LogP contribution < -0.4 is 5.32 Å². The van der Waals surface area contributed by atoms with Crippen LogP contribution in [0.15, 0.2) is 24.4 Å². The lowest BCUT2D eigenvalue weighted by Gasteiger charge is -1.97. The van der Waals surface area contributed by atoms with Crippen LogP contribution in [0, 0.1) is 0 Å². The van der Waals surface area contributed by atoms with Crippen molar-refractivity contribution in [1.82, 2.24) is 5.32 Å². The maximum atomic E-state index is 10.5. The molecule has 1 amide bonds. The third kappa shape index (κ3) is 18.2. The van der Waals surface area contributed by atoms with Crippen LogP contribution in [0.3, 0.4) is 0 Å². The zero-order chi connectivity index (χ0) is 11.3. The minimum atomic E-state index is -0.161. The first-order valence-corrected chi connectivity index (χ1v) is 4.77. The van der Waals surface area contributed by atoms with Gasteiger partial charge in [-0.1, -0.05) is 40.3 Å². The minimum absolute atomic E-state index is 0.161. The Kier molecular flexibility index (Phi) is 23.6. The highest BCUT2D eigenvalue weighted by Crippen LogP contribution is 1.83. The van der Waals surface area contributed by atoms with Crippen molar-refractivity contribution in [1.29, 1.82) is 0 Å². The largest absolute Gasteiger partial charge is 0.327 e. The number of hydrogen-bond acceptors (Lipinski definition) is 1. The van der Waals surface area contributed by atoms with Crippen LogP contribution in [-0.4, -0.2) is 5.91 Å². The van der Waals surface area contributed by atoms with Crippen LogP contribution in [0.25, 0.3) is 0 Å². The zero-order valence-corrected chi connectivity index (χ0v) is 9.77. The molecule has 0 aromatic carbocycles. The number of amides is 1. The molecule has 1 N–H and O–H groups in total. The van der Waals surface area contributed by atoms with Gasteiger partial charge in [0.15, 0.2) is 0 Å². The summed E-state index contributed by atoms with van der Waals surface area (Å²) in [5, 5.41) is 2.58. The number of nitrogens with one attached hydrogen (secondary N) is 1. The van der Waals surface area contributed by atoms with Crippen LogP contribution in [0.4, 0.5) is 0 Å². The summed E-state index contributed by atoms with van der Waals surface area (Å²) in [7, 11) is 0. The van der Waals surface area contributed by atoms with Gasteiger partial charge in [-0.2, -0.15) is 0 Å². The summed E-state index contributed by atoms with van der Waals surface area (Å²) in [5.41, 5.74) is 0.847. The molecule has 0 atom stereocenters. The lowest BCUT2D eigenvalue weighted by Crippen LogP contribution is -2.17. The number of carbonyl (C=O) groups is 1. The predicted molar refractivity (Wildman–Crippen MR) is 60.5 cm³/mol. The first-order valence-electron chi connectivity index (χ1n) is 4.77. The number of carbonyl (C=O) groups excluding carboxylic acids is 1. The fourth-order valence-corrected chi connectivity index (χ4v) is 0.318. The molecule has 0 aliphatic rings. The fraction of sp³-hybridized carbons (Fsp3) is 0.545. The Balaban J connectivity index is -0.000000218. The van der Waals surface area contributed by atoms with Gasteiger partial charge >= 0.3 is 0 Å². The second-order valence-electron chi connectivity index (χ2n) is 1.67. The monoisotopic (exact) mass is 185 g/mol. The van der Waals surface area contributed by atoms with E-state index in [1.165, 1.54) is 6.08 Å². The highest BCUT2D eigenvalue weighted by molar-refractivity contribution is 5.88. The van der Waals surface area contributed by atoms with Crippen LogP contribution in [0.1, 0.15) is 41.5 Å². The molecule has 0 heterocycles. The van der Waals surface area contributed by atoms with E-state index >= 15 is 0 Å². The van der Waals surface area contributed by atoms with E-state index in [0.717, 1.165) is 5.70 Å². The second-order valence-corrected chi connectivity index (χ2v) is 1.67. The van der Waals surface area contributed by atoms with Gasteiger partial charge in [0.1, 0.15) is 0 Å². The van der Waals surface area contributed by atoms with Gasteiger partial charge in [-0.3, -0.25) is 4.79 Å². The van der Waals surface area contributed by atoms with Gasteiger partial charge in [0, 0.05) is 5.70 Å². The second kappa shape index (κ2) is 17.2. The topological polar surface area (TPSA) is 29.1 Å². The summed E-state index contributed by atoms with van der Waals surface area (Å²) in [6.07, 6.45) is 3.06. The SMILES string of the molecule is C=CC(=O)N/C(C)=C\C.CC.CC. The predicted octanol–water partition coefficient (Wildman–Crippen LogP) is 3.26. The van der Waals surface area contributed by atoms with Crippen LogP contribution in [0.2, 0.25) is 0 Å². The number of rotatable bonds is 2. The fourth-order valence-electron chi connectivity index (χ4n) is 0.318. The molecule has 0 spiro atoms. The van der Waals surface area contributed by atoms with Gasteiger partial charge in [0.2, 0.25) is 5.91 Å². The van der Waals surface area contributed by atoms with Crippen molar-refractivity contribution in [3.05, 3.63) is 24.4 Å². The summed E-state index contributed by atoms with van der Waals surface area (Å²) < 4.78 is 0. The molecule has 13 heavy (non-hydrogen) atoms. The summed E-state index contributed by atoms with van der Waals surface area (Å²) in [6.45, 7) is 15.0. The molecule has 0 saturated heterocycles. The van der Waals surface area contributed by atoms with Crippen LogP contribution in [-0.2, 0) is 4.79 Å². The van der Waals surface area contributed by atoms with E-state index in [-0.39, 0.29) is 5.91 Å². The normalized spacial score (nSPS) is 8.31. The van der Waals surface area contributed by atoms with E-state index in [1.807, 2.05) is 47.6 Å². The molecule has 0 rings (SSSR count). The van der Waals surface area contributed by atoms with Crippen LogP contribution in [0.5, 0.6) is 0 Å². The molecule has 0 radical (unpaired) electrons. The van der Waals surface area contributed by atoms with E-state index in [4.69, 9.17) is 0 Å². The smallest absolute Gasteiger partial charge is 0.247 e. The van der Waals surface area contributed by atoms with Crippen molar-refractivity contribution >= 4 is 5.91 Å². The molecule has 0 bridgehead atoms. The summed E-state index contributed by atoms with van der Waals surface area (Å²) in [6, 6.07) is 0. The Bertz CT molecular complexity index is 148. The van der Waals surface area contributed by atoms with Crippen molar-refractivity contribution in [3.8, 4) is 0 Å². The van der Waals surface area contributed by atoms with Gasteiger partial charge in [-0.15, -0.1) is 0 Å². The first-order chi connectivity index (χ1) is 6.20. The van der Waals surface area contributed by atoms with E-state index in [0.29, 0.717) is 0 Å². The number of hydrogen-bond donors (Lipinski definition) is 1. The molecule has 0 aliphatic heterocycles. The summed E-state index contributed by atoms with van der Waals surface area (Å²) in [5.74, 6) is -0.161. The molecule has 0 fully saturated rings. The molecule has 2 heteroatoms. The molecular weight excluding hydrogens is 162 g/mol.